The lowest BCUT2D eigenvalue weighted by Crippen LogP contribution is -2.52. The summed E-state index contributed by atoms with van der Waals surface area (Å²) in [6.45, 7) is 3.67. The summed E-state index contributed by atoms with van der Waals surface area (Å²) < 4.78 is 27.8. The van der Waals surface area contributed by atoms with Crippen LogP contribution >= 0.6 is 34.2 Å². The normalized spacial score (nSPS) is 28.4. The van der Waals surface area contributed by atoms with Gasteiger partial charge in [-0.25, -0.2) is 0 Å². The Morgan fingerprint density at radius 1 is 1.31 bits per heavy atom. The molecule has 2 bridgehead atoms. The first-order chi connectivity index (χ1) is 17.2. The van der Waals surface area contributed by atoms with Crippen LogP contribution in [0.15, 0.2) is 35.4 Å². The second-order valence-electron chi connectivity index (χ2n) is 9.00. The van der Waals surface area contributed by atoms with E-state index in [1.54, 1.807) is 12.1 Å². The van der Waals surface area contributed by atoms with Crippen molar-refractivity contribution in [3.63, 3.8) is 0 Å². The molecule has 0 saturated carbocycles. The summed E-state index contributed by atoms with van der Waals surface area (Å²) >= 11 is 8.77. The Morgan fingerprint density at radius 3 is 2.83 bits per heavy atom. The number of nitrogens with one attached hydrogen (secondary N) is 1. The molecule has 190 valence electrons. The molecule has 2 aliphatic heterocycles. The monoisotopic (exact) mass is 623 g/mol. The van der Waals surface area contributed by atoms with Gasteiger partial charge in [-0.2, -0.15) is 0 Å². The Labute approximate surface area is 229 Å². The molecule has 3 atom stereocenters. The number of aryl methyl sites for hydroxylation is 1. The van der Waals surface area contributed by atoms with E-state index in [0.717, 1.165) is 5.56 Å². The fourth-order valence-electron chi connectivity index (χ4n) is 4.64. The van der Waals surface area contributed by atoms with Gasteiger partial charge >= 0.3 is 0 Å². The number of halogens is 2. The van der Waals surface area contributed by atoms with Gasteiger partial charge in [0.2, 0.25) is 5.91 Å². The molecule has 0 aromatic heterocycles. The Hall–Kier alpha value is -2.21. The Balaban J connectivity index is 1.90. The van der Waals surface area contributed by atoms with E-state index in [4.69, 9.17) is 30.5 Å². The quantitative estimate of drug-likeness (QED) is 0.386. The molecule has 1 spiro atoms. The van der Waals surface area contributed by atoms with E-state index < -0.39 is 23.6 Å². The van der Waals surface area contributed by atoms with Gasteiger partial charge in [0.25, 0.3) is 0 Å². The average molecular weight is 624 g/mol. The maximum atomic E-state index is 12.4. The summed E-state index contributed by atoms with van der Waals surface area (Å²) in [7, 11) is 1.53. The number of fused-ring (bicyclic) bond motifs is 2. The maximum absolute atomic E-state index is 12.4. The van der Waals surface area contributed by atoms with E-state index in [1.807, 2.05) is 48.6 Å². The number of aliphatic hydroxyl groups is 1. The standard InChI is InChI=1S/C27H27ClINO6/c1-26(2)35-22-10-8-19-7-4-17(16-31)13-15-30-23(32)11-6-18-5-9-20(33-3)25(24(18)28)34-21(12-14-29)27(19,22)36-26/h5,8-9,13,21-22,31H,6,10-11,15-16H2,1-3H3,(H,30,32)/b17-13-/t21-,22-,27-/m1/s1. The SMILES string of the molecule is COc1ccc2c(Cl)c1O[C@H](C#CI)[C@@]13OC(C)(C)O[C@@H]1CC=C3C#C/C(CO)=C/CNC(=O)CC2. The van der Waals surface area contributed by atoms with Crippen molar-refractivity contribution in [1.82, 2.24) is 5.32 Å². The predicted octanol–water partition coefficient (Wildman–Crippen LogP) is 3.70. The second kappa shape index (κ2) is 11.0. The van der Waals surface area contributed by atoms with Crippen LogP contribution in [0.2, 0.25) is 5.02 Å². The zero-order chi connectivity index (χ0) is 25.9. The van der Waals surface area contributed by atoms with Gasteiger partial charge < -0.3 is 29.4 Å². The third-order valence-corrected chi connectivity index (χ3v) is 6.97. The van der Waals surface area contributed by atoms with Crippen LogP contribution in [0.5, 0.6) is 11.5 Å². The van der Waals surface area contributed by atoms with Crippen LogP contribution in [0.1, 0.15) is 32.3 Å². The first-order valence-corrected chi connectivity index (χ1v) is 13.0. The van der Waals surface area contributed by atoms with Gasteiger partial charge in [0.05, 0.1) is 18.7 Å². The molecule has 2 N–H and O–H groups in total. The number of amides is 1. The van der Waals surface area contributed by atoms with Crippen LogP contribution in [0.3, 0.4) is 0 Å². The first-order valence-electron chi connectivity index (χ1n) is 11.5. The fraction of sp³-hybridized carbons (Fsp3) is 0.444. The minimum atomic E-state index is -1.13. The van der Waals surface area contributed by atoms with E-state index in [9.17, 15) is 9.90 Å². The predicted molar refractivity (Wildman–Crippen MR) is 144 cm³/mol. The van der Waals surface area contributed by atoms with Crippen molar-refractivity contribution in [1.29, 1.82) is 0 Å². The zero-order valence-electron chi connectivity index (χ0n) is 20.2. The second-order valence-corrected chi connectivity index (χ2v) is 9.92. The van der Waals surface area contributed by atoms with Crippen LogP contribution in [0, 0.1) is 21.7 Å². The van der Waals surface area contributed by atoms with Crippen molar-refractivity contribution in [2.45, 2.75) is 56.7 Å². The van der Waals surface area contributed by atoms with Crippen LogP contribution in [0.4, 0.5) is 0 Å². The maximum Gasteiger partial charge on any atom is 0.220 e. The minimum absolute atomic E-state index is 0.148. The number of rotatable bonds is 2. The van der Waals surface area contributed by atoms with Crippen molar-refractivity contribution < 1.29 is 28.8 Å². The average Bonchev–Trinajstić information content (AvgIpc) is 3.31. The molecular formula is C27H27ClINO6. The Bertz CT molecular complexity index is 1230. The Morgan fingerprint density at radius 2 is 2.11 bits per heavy atom. The molecule has 1 aromatic carbocycles. The van der Waals surface area contributed by atoms with E-state index in [-0.39, 0.29) is 25.5 Å². The van der Waals surface area contributed by atoms with Gasteiger partial charge in [-0.05, 0) is 48.2 Å². The largest absolute Gasteiger partial charge is 0.493 e. The van der Waals surface area contributed by atoms with Gasteiger partial charge in [0, 0.05) is 46.7 Å². The summed E-state index contributed by atoms with van der Waals surface area (Å²) in [5.74, 6) is 9.01. The third kappa shape index (κ3) is 5.25. The first kappa shape index (κ1) is 26.8. The Kier molecular flexibility index (Phi) is 8.23. The number of hydrogen-bond acceptors (Lipinski definition) is 6. The fourth-order valence-corrected chi connectivity index (χ4v) is 5.21. The highest BCUT2D eigenvalue weighted by Crippen LogP contribution is 2.51. The number of hydrogen-bond donors (Lipinski definition) is 2. The van der Waals surface area contributed by atoms with E-state index in [2.05, 4.69) is 27.0 Å². The molecule has 2 heterocycles. The molecule has 1 saturated heterocycles. The van der Waals surface area contributed by atoms with Gasteiger partial charge in [-0.3, -0.25) is 4.79 Å². The lowest BCUT2D eigenvalue weighted by molar-refractivity contribution is -0.166. The van der Waals surface area contributed by atoms with Crippen molar-refractivity contribution in [3.8, 4) is 33.2 Å². The van der Waals surface area contributed by atoms with E-state index in [1.165, 1.54) is 7.11 Å². The third-order valence-electron chi connectivity index (χ3n) is 6.24. The molecular weight excluding hydrogens is 597 g/mol. The molecule has 1 amide bonds. The van der Waals surface area contributed by atoms with Crippen LogP contribution < -0.4 is 14.8 Å². The highest BCUT2D eigenvalue weighted by atomic mass is 127. The van der Waals surface area contributed by atoms with Crippen molar-refractivity contribution in [2.24, 2.45) is 0 Å². The summed E-state index contributed by atoms with van der Waals surface area (Å²) in [4.78, 5) is 12.4. The molecule has 0 unspecified atom stereocenters. The van der Waals surface area contributed by atoms with Gasteiger partial charge in [-0.1, -0.05) is 41.7 Å². The number of ether oxygens (including phenoxy) is 4. The molecule has 9 heteroatoms. The van der Waals surface area contributed by atoms with Crippen molar-refractivity contribution >= 4 is 40.1 Å². The minimum Gasteiger partial charge on any atom is -0.493 e. The summed E-state index contributed by atoms with van der Waals surface area (Å²) in [5.41, 5.74) is 0.726. The van der Waals surface area contributed by atoms with Crippen molar-refractivity contribution in [3.05, 3.63) is 46.0 Å². The molecule has 1 fully saturated rings. The van der Waals surface area contributed by atoms with Crippen LogP contribution in [0.25, 0.3) is 0 Å². The summed E-state index contributed by atoms with van der Waals surface area (Å²) in [6.07, 6.45) is 3.58. The smallest absolute Gasteiger partial charge is 0.220 e. The number of carbonyl (C=O) groups is 1. The van der Waals surface area contributed by atoms with Crippen molar-refractivity contribution in [2.75, 3.05) is 20.3 Å². The molecule has 0 radical (unpaired) electrons. The topological polar surface area (TPSA) is 86.2 Å². The van der Waals surface area contributed by atoms with E-state index >= 15 is 0 Å². The lowest BCUT2D eigenvalue weighted by atomic mass is 9.87. The highest BCUT2D eigenvalue weighted by Gasteiger charge is 2.63. The van der Waals surface area contributed by atoms with Gasteiger partial charge in [-0.15, -0.1) is 0 Å². The van der Waals surface area contributed by atoms with Crippen LogP contribution in [-0.2, 0) is 20.7 Å². The van der Waals surface area contributed by atoms with Gasteiger partial charge in [0.15, 0.2) is 29.0 Å². The summed E-state index contributed by atoms with van der Waals surface area (Å²) in [5, 5.41) is 13.0. The molecule has 7 nitrogen and oxygen atoms in total. The zero-order valence-corrected chi connectivity index (χ0v) is 23.2. The molecule has 4 rings (SSSR count). The number of aliphatic hydroxyl groups excluding tert-OH is 1. The number of methoxy groups -OCH3 is 1. The number of benzene rings is 1. The molecule has 1 aliphatic carbocycles. The lowest BCUT2D eigenvalue weighted by Gasteiger charge is -2.35. The highest BCUT2D eigenvalue weighted by molar-refractivity contribution is 14.1. The number of carbonyl (C=O) groups excluding carboxylic acids is 1. The molecule has 3 aliphatic rings. The summed E-state index contributed by atoms with van der Waals surface area (Å²) in [6, 6.07) is 3.58. The molecule has 36 heavy (non-hydrogen) atoms. The molecule has 1 aromatic rings. The van der Waals surface area contributed by atoms with Crippen LogP contribution in [-0.4, -0.2) is 54.9 Å². The van der Waals surface area contributed by atoms with E-state index in [0.29, 0.717) is 40.5 Å². The van der Waals surface area contributed by atoms with Gasteiger partial charge in [0.1, 0.15) is 6.10 Å².